The molecule has 0 aromatic carbocycles. The summed E-state index contributed by atoms with van der Waals surface area (Å²) >= 11 is 0. The first-order valence-electron chi connectivity index (χ1n) is 6.89. The van der Waals surface area contributed by atoms with Crippen LogP contribution in [0.1, 0.15) is 36.8 Å². The van der Waals surface area contributed by atoms with Crippen LogP contribution in [-0.2, 0) is 20.2 Å². The molecule has 1 aromatic rings. The summed E-state index contributed by atoms with van der Waals surface area (Å²) in [6, 6.07) is 0. The summed E-state index contributed by atoms with van der Waals surface area (Å²) in [6.45, 7) is 2.66. The molecule has 0 amide bonds. The van der Waals surface area contributed by atoms with Gasteiger partial charge in [0.15, 0.2) is 6.10 Å². The van der Waals surface area contributed by atoms with Crippen LogP contribution in [0, 0.1) is 6.92 Å². The molecule has 0 saturated carbocycles. The van der Waals surface area contributed by atoms with Crippen LogP contribution in [0.25, 0.3) is 0 Å². The fraction of sp³-hybridized carbons (Fsp3) is 0.615. The van der Waals surface area contributed by atoms with Crippen molar-refractivity contribution in [2.24, 2.45) is 0 Å². The van der Waals surface area contributed by atoms with Crippen molar-refractivity contribution in [1.82, 2.24) is 4.98 Å². The van der Waals surface area contributed by atoms with Gasteiger partial charge >= 0.3 is 13.3 Å². The van der Waals surface area contributed by atoms with Crippen molar-refractivity contribution < 1.29 is 37.7 Å². The number of aliphatic hydroxyl groups excluding tert-OH is 2. The van der Waals surface area contributed by atoms with E-state index in [1.807, 2.05) is 0 Å². The van der Waals surface area contributed by atoms with Crippen molar-refractivity contribution in [1.29, 1.82) is 0 Å². The molecule has 0 spiro atoms. The molecule has 1 rings (SSSR count). The number of nitrogens with zero attached hydrogens (tertiary/aromatic N) is 1. The molecule has 3 N–H and O–H groups in total. The first-order chi connectivity index (χ1) is 10.7. The van der Waals surface area contributed by atoms with Gasteiger partial charge in [0.05, 0.1) is 25.5 Å². The van der Waals surface area contributed by atoms with Gasteiger partial charge in [0.2, 0.25) is 0 Å². The Kier molecular flexibility index (Phi) is 6.61. The maximum atomic E-state index is 14.5. The highest BCUT2D eigenvalue weighted by atomic mass is 31.2. The van der Waals surface area contributed by atoms with E-state index in [0.717, 1.165) is 6.20 Å². The zero-order chi connectivity index (χ0) is 17.8. The van der Waals surface area contributed by atoms with E-state index >= 15 is 0 Å². The fourth-order valence-electron chi connectivity index (χ4n) is 1.95. The topological polar surface area (TPSA) is 109 Å². The maximum Gasteiger partial charge on any atom is 0.402 e. The van der Waals surface area contributed by atoms with E-state index in [1.165, 1.54) is 20.8 Å². The van der Waals surface area contributed by atoms with Gasteiger partial charge in [0.1, 0.15) is 5.75 Å². The summed E-state index contributed by atoms with van der Waals surface area (Å²) in [5, 5.41) is 29.1. The lowest BCUT2D eigenvalue weighted by Gasteiger charge is -2.30. The van der Waals surface area contributed by atoms with E-state index in [1.54, 1.807) is 0 Å². The van der Waals surface area contributed by atoms with E-state index in [0.29, 0.717) is 0 Å². The second-order valence-corrected chi connectivity index (χ2v) is 6.72. The number of hydrogen-bond donors (Lipinski definition) is 3. The van der Waals surface area contributed by atoms with Crippen molar-refractivity contribution in [2.45, 2.75) is 39.1 Å². The van der Waals surface area contributed by atoms with Crippen LogP contribution >= 0.6 is 7.60 Å². The van der Waals surface area contributed by atoms with Gasteiger partial charge in [-0.1, -0.05) is 0 Å². The van der Waals surface area contributed by atoms with Crippen molar-refractivity contribution in [2.75, 3.05) is 13.2 Å². The second-order valence-electron chi connectivity index (χ2n) is 4.61. The third-order valence-electron chi connectivity index (χ3n) is 3.12. The van der Waals surface area contributed by atoms with E-state index in [4.69, 9.17) is 0 Å². The lowest BCUT2D eigenvalue weighted by Crippen LogP contribution is -2.29. The van der Waals surface area contributed by atoms with Crippen LogP contribution in [0.15, 0.2) is 6.20 Å². The third kappa shape index (κ3) is 3.70. The molecule has 0 bridgehead atoms. The van der Waals surface area contributed by atoms with Crippen molar-refractivity contribution >= 4 is 7.60 Å². The van der Waals surface area contributed by atoms with Crippen LogP contribution in [0.4, 0.5) is 8.78 Å². The summed E-state index contributed by atoms with van der Waals surface area (Å²) in [7, 11) is -4.98. The Bertz CT molecular complexity index is 588. The SMILES string of the molecule is CCOP(=O)(OCC)C(F)(F)C(O)c1cnc(C)c(O)c1CO. The predicted molar refractivity (Wildman–Crippen MR) is 77.3 cm³/mol. The molecule has 10 heteroatoms. The number of alkyl halides is 2. The first kappa shape index (κ1) is 19.9. The Hall–Kier alpha value is -1.12. The number of pyridine rings is 1. The zero-order valence-electron chi connectivity index (χ0n) is 13.0. The van der Waals surface area contributed by atoms with Gasteiger partial charge in [-0.05, 0) is 20.8 Å². The molecule has 0 radical (unpaired) electrons. The average molecular weight is 355 g/mol. The predicted octanol–water partition coefficient (Wildman–Crippen LogP) is 2.48. The Labute approximate surface area is 132 Å². The number of hydrogen-bond acceptors (Lipinski definition) is 7. The largest absolute Gasteiger partial charge is 0.506 e. The summed E-state index contributed by atoms with van der Waals surface area (Å²) < 4.78 is 50.5. The van der Waals surface area contributed by atoms with Gasteiger partial charge in [-0.15, -0.1) is 0 Å². The second kappa shape index (κ2) is 7.63. The molecular weight excluding hydrogens is 335 g/mol. The molecule has 0 aliphatic heterocycles. The molecule has 132 valence electrons. The van der Waals surface area contributed by atoms with E-state index < -0.39 is 37.3 Å². The number of halogens is 2. The zero-order valence-corrected chi connectivity index (χ0v) is 13.9. The number of rotatable bonds is 8. The molecule has 1 atom stereocenters. The Balaban J connectivity index is 3.38. The molecule has 0 aliphatic carbocycles. The summed E-state index contributed by atoms with van der Waals surface area (Å²) in [5.41, 5.74) is -5.10. The molecule has 1 unspecified atom stereocenters. The molecule has 1 aromatic heterocycles. The normalized spacial score (nSPS) is 14.0. The number of aryl methyl sites for hydroxylation is 1. The lowest BCUT2D eigenvalue weighted by atomic mass is 10.0. The molecule has 0 saturated heterocycles. The van der Waals surface area contributed by atoms with Crippen molar-refractivity contribution in [3.05, 3.63) is 23.0 Å². The highest BCUT2D eigenvalue weighted by molar-refractivity contribution is 7.55. The highest BCUT2D eigenvalue weighted by Gasteiger charge is 2.59. The van der Waals surface area contributed by atoms with Gasteiger partial charge in [-0.3, -0.25) is 9.55 Å². The van der Waals surface area contributed by atoms with Gasteiger partial charge in [0.25, 0.3) is 0 Å². The highest BCUT2D eigenvalue weighted by Crippen LogP contribution is 2.66. The molecule has 7 nitrogen and oxygen atoms in total. The third-order valence-corrected chi connectivity index (χ3v) is 5.29. The van der Waals surface area contributed by atoms with Crippen LogP contribution in [0.3, 0.4) is 0 Å². The standard InChI is InChI=1S/C13H20F2NO6P/c1-4-21-23(20,22-5-2)13(14,15)12(19)9-6-16-8(3)11(18)10(9)7-17/h6,12,17-19H,4-5,7H2,1-3H3. The van der Waals surface area contributed by atoms with Crippen molar-refractivity contribution in [3.8, 4) is 5.75 Å². The minimum absolute atomic E-state index is 0.0890. The Morgan fingerprint density at radius 2 is 1.87 bits per heavy atom. The molecular formula is C13H20F2NO6P. The average Bonchev–Trinajstić information content (AvgIpc) is 2.49. The first-order valence-corrected chi connectivity index (χ1v) is 8.43. The number of aliphatic hydroxyl groups is 2. The van der Waals surface area contributed by atoms with Crippen LogP contribution < -0.4 is 0 Å². The molecule has 23 heavy (non-hydrogen) atoms. The minimum Gasteiger partial charge on any atom is -0.506 e. The number of aromatic hydroxyl groups is 1. The smallest absolute Gasteiger partial charge is 0.402 e. The molecule has 0 aliphatic rings. The van der Waals surface area contributed by atoms with Crippen molar-refractivity contribution in [3.63, 3.8) is 0 Å². The van der Waals surface area contributed by atoms with E-state index in [-0.39, 0.29) is 24.5 Å². The minimum atomic E-state index is -4.98. The quantitative estimate of drug-likeness (QED) is 0.615. The van der Waals surface area contributed by atoms with Crippen LogP contribution in [0.2, 0.25) is 0 Å². The molecule has 1 heterocycles. The van der Waals surface area contributed by atoms with Gasteiger partial charge in [-0.2, -0.15) is 8.78 Å². The van der Waals surface area contributed by atoms with Crippen LogP contribution in [-0.4, -0.2) is 39.2 Å². The Morgan fingerprint density at radius 1 is 1.35 bits per heavy atom. The van der Waals surface area contributed by atoms with Gasteiger partial charge < -0.3 is 24.4 Å². The monoisotopic (exact) mass is 355 g/mol. The maximum absolute atomic E-state index is 14.5. The summed E-state index contributed by atoms with van der Waals surface area (Å²) in [6.07, 6.45) is -1.77. The van der Waals surface area contributed by atoms with Gasteiger partial charge in [-0.25, -0.2) is 0 Å². The summed E-state index contributed by atoms with van der Waals surface area (Å²) in [4.78, 5) is 3.67. The molecule has 0 fully saturated rings. The van der Waals surface area contributed by atoms with E-state index in [2.05, 4.69) is 14.0 Å². The van der Waals surface area contributed by atoms with Gasteiger partial charge in [0, 0.05) is 17.3 Å². The van der Waals surface area contributed by atoms with Crippen LogP contribution in [0.5, 0.6) is 5.75 Å². The lowest BCUT2D eigenvalue weighted by molar-refractivity contribution is -0.0685. The Morgan fingerprint density at radius 3 is 2.30 bits per heavy atom. The fourth-order valence-corrected chi connectivity index (χ4v) is 3.49. The summed E-state index contributed by atoms with van der Waals surface area (Å²) in [5.74, 6) is -0.525. The van der Waals surface area contributed by atoms with E-state index in [9.17, 15) is 28.7 Å². The number of aromatic nitrogens is 1.